The molecule has 0 spiro atoms. The molecular weight excluding hydrogens is 460 g/mol. The first-order valence-corrected chi connectivity index (χ1v) is 11.4. The van der Waals surface area contributed by atoms with Gasteiger partial charge in [-0.1, -0.05) is 91.0 Å². The summed E-state index contributed by atoms with van der Waals surface area (Å²) in [5.74, 6) is 0. The summed E-state index contributed by atoms with van der Waals surface area (Å²) in [6, 6.07) is 22.0. The number of nitrogens with zero attached hydrogens (tertiary/aromatic N) is 1. The van der Waals surface area contributed by atoms with Crippen LogP contribution in [-0.4, -0.2) is 16.6 Å². The van der Waals surface area contributed by atoms with Gasteiger partial charge in [-0.05, 0) is 16.7 Å². The summed E-state index contributed by atoms with van der Waals surface area (Å²) >= 11 is 0. The van der Waals surface area contributed by atoms with Crippen LogP contribution in [0.3, 0.4) is 0 Å². The van der Waals surface area contributed by atoms with Gasteiger partial charge in [0.1, 0.15) is 6.08 Å². The van der Waals surface area contributed by atoms with Crippen LogP contribution in [0.5, 0.6) is 0 Å². The van der Waals surface area contributed by atoms with Gasteiger partial charge in [0.25, 0.3) is 0 Å². The average molecular weight is 482 g/mol. The molecule has 3 aromatic carbocycles. The van der Waals surface area contributed by atoms with Crippen LogP contribution in [0.2, 0.25) is 0 Å². The predicted molar refractivity (Wildman–Crippen MR) is 115 cm³/mol. The molecule has 2 atom stereocenters. The summed E-state index contributed by atoms with van der Waals surface area (Å²) in [6.45, 7) is -0.427. The zero-order valence-corrected chi connectivity index (χ0v) is 20.9. The van der Waals surface area contributed by atoms with E-state index in [1.165, 1.54) is 24.3 Å². The van der Waals surface area contributed by atoms with E-state index in [0.717, 1.165) is 0 Å². The number of aliphatic imine (C=N–C) groups is 1. The fourth-order valence-corrected chi connectivity index (χ4v) is 4.06. The Morgan fingerprint density at radius 1 is 0.939 bits per heavy atom. The van der Waals surface area contributed by atoms with Gasteiger partial charge in [-0.3, -0.25) is 4.99 Å². The minimum Gasteiger partial charge on any atom is -0.637 e. The Hall–Kier alpha value is -1.90. The van der Waals surface area contributed by atoms with E-state index in [0.29, 0.717) is 11.1 Å². The van der Waals surface area contributed by atoms with E-state index < -0.39 is 25.7 Å². The molecule has 0 saturated heterocycles. The van der Waals surface area contributed by atoms with E-state index >= 15 is 8.78 Å². The van der Waals surface area contributed by atoms with Crippen LogP contribution in [0.1, 0.15) is 22.7 Å². The Labute approximate surface area is 213 Å². The second-order valence-electron chi connectivity index (χ2n) is 6.97. The Kier molecular flexibility index (Phi) is 10.4. The molecule has 168 valence electrons. The van der Waals surface area contributed by atoms with Crippen molar-refractivity contribution in [2.75, 3.05) is 0 Å². The van der Waals surface area contributed by atoms with Gasteiger partial charge in [0.05, 0.1) is 6.54 Å². The molecule has 10 heteroatoms. The predicted octanol–water partition coefficient (Wildman–Crippen LogP) is 0.163. The standard InChI is InChI=1S/C23H23F2N2O4P.Na/c24-23(25,32(29,30)26-16-18-10-4-1-5-11-18)21(20-14-8-3-9-15-20)27-22(28)31-17-19-12-6-2-7-13-19;/h1-15,21H,16-17H2,(H,27,28)(H2,26,29,30);/q;+1/p-1/t21-;/m1./s1. The second-order valence-corrected chi connectivity index (χ2v) is 9.03. The summed E-state index contributed by atoms with van der Waals surface area (Å²) in [5, 5.41) is 14.3. The average Bonchev–Trinajstić information content (AvgIpc) is 2.81. The summed E-state index contributed by atoms with van der Waals surface area (Å²) in [4.78, 5) is 26.4. The van der Waals surface area contributed by atoms with Gasteiger partial charge in [-0.25, -0.2) is 4.89 Å². The smallest absolute Gasteiger partial charge is 0.637 e. The van der Waals surface area contributed by atoms with Crippen molar-refractivity contribution in [3.8, 4) is 0 Å². The van der Waals surface area contributed by atoms with E-state index in [1.807, 2.05) is 5.09 Å². The topological polar surface area (TPSA) is 100.0 Å². The van der Waals surface area contributed by atoms with Crippen LogP contribution >= 0.6 is 7.87 Å². The third-order valence-electron chi connectivity index (χ3n) is 4.63. The van der Waals surface area contributed by atoms with E-state index in [4.69, 9.17) is 4.74 Å². The molecule has 2 N–H and O–H groups in total. The quantitative estimate of drug-likeness (QED) is 0.196. The van der Waals surface area contributed by atoms with E-state index in [9.17, 15) is 14.9 Å². The van der Waals surface area contributed by atoms with Gasteiger partial charge in [-0.2, -0.15) is 13.9 Å². The number of nitrogens with one attached hydrogen (secondary N) is 1. The number of rotatable bonds is 9. The molecule has 0 amide bonds. The Balaban J connectivity index is 0.00000385. The number of hydrogen-bond donors (Lipinski definition) is 2. The molecule has 3 rings (SSSR count). The van der Waals surface area contributed by atoms with Crippen molar-refractivity contribution < 1.29 is 58.0 Å². The van der Waals surface area contributed by atoms with Crippen molar-refractivity contribution in [1.29, 1.82) is 0 Å². The summed E-state index contributed by atoms with van der Waals surface area (Å²) < 4.78 is 35.6. The zero-order chi connectivity index (χ0) is 23.0. The molecule has 0 bridgehead atoms. The fourth-order valence-electron chi connectivity index (χ4n) is 2.92. The first-order valence-electron chi connectivity index (χ1n) is 9.76. The van der Waals surface area contributed by atoms with Crippen LogP contribution in [0.4, 0.5) is 8.78 Å². The van der Waals surface area contributed by atoms with Crippen molar-refractivity contribution in [3.05, 3.63) is 108 Å². The molecule has 0 heterocycles. The fraction of sp³-hybridized carbons (Fsp3) is 0.174. The van der Waals surface area contributed by atoms with Crippen LogP contribution in [0, 0.1) is 0 Å². The van der Waals surface area contributed by atoms with E-state index in [2.05, 4.69) is 4.99 Å². The van der Waals surface area contributed by atoms with E-state index in [1.54, 1.807) is 66.7 Å². The zero-order valence-electron chi connectivity index (χ0n) is 18.0. The van der Waals surface area contributed by atoms with Crippen LogP contribution in [-0.2, 0) is 17.9 Å². The maximum atomic E-state index is 15.3. The van der Waals surface area contributed by atoms with Crippen molar-refractivity contribution in [2.45, 2.75) is 24.9 Å². The second kappa shape index (κ2) is 12.5. The van der Waals surface area contributed by atoms with Crippen molar-refractivity contribution in [3.63, 3.8) is 0 Å². The number of ether oxygens (including phenoxy) is 1. The third-order valence-corrected chi connectivity index (χ3v) is 6.27. The largest absolute Gasteiger partial charge is 1.00 e. The van der Waals surface area contributed by atoms with Gasteiger partial charge in [0.15, 0.2) is 6.04 Å². The molecule has 0 aromatic heterocycles. The Morgan fingerprint density at radius 2 is 1.42 bits per heavy atom. The Morgan fingerprint density at radius 3 is 1.97 bits per heavy atom. The number of benzene rings is 3. The maximum absolute atomic E-state index is 15.3. The summed E-state index contributed by atoms with van der Waals surface area (Å²) in [7, 11) is -5.30. The molecule has 33 heavy (non-hydrogen) atoms. The molecule has 6 nitrogen and oxygen atoms in total. The molecule has 0 fully saturated rings. The monoisotopic (exact) mass is 482 g/mol. The van der Waals surface area contributed by atoms with Crippen molar-refractivity contribution in [1.82, 2.24) is 5.09 Å². The number of alkyl halides is 2. The molecule has 0 aliphatic rings. The summed E-state index contributed by atoms with van der Waals surface area (Å²) in [5.41, 5.74) is -3.18. The summed E-state index contributed by atoms with van der Waals surface area (Å²) in [6.07, 6.45) is -1.26. The molecule has 1 unspecified atom stereocenters. The molecule has 0 radical (unpaired) electrons. The first-order chi connectivity index (χ1) is 15.3. The Bertz CT molecular complexity index is 1010. The van der Waals surface area contributed by atoms with Crippen molar-refractivity contribution >= 4 is 14.0 Å². The third kappa shape index (κ3) is 7.55. The number of halogens is 2. The van der Waals surface area contributed by atoms with Gasteiger partial charge < -0.3 is 14.7 Å². The molecular formula is C23H22F2N2NaO4P. The molecule has 0 saturated carbocycles. The van der Waals surface area contributed by atoms with Gasteiger partial charge in [0.2, 0.25) is 7.87 Å². The van der Waals surface area contributed by atoms with Crippen LogP contribution in [0.15, 0.2) is 96.0 Å². The van der Waals surface area contributed by atoms with Crippen LogP contribution < -0.4 is 44.6 Å². The molecule has 3 aromatic rings. The first kappa shape index (κ1) is 27.3. The number of hydrogen-bond acceptors (Lipinski definition) is 6. The van der Waals surface area contributed by atoms with Gasteiger partial charge in [-0.15, -0.1) is 0 Å². The minimum absolute atomic E-state index is 0. The van der Waals surface area contributed by atoms with E-state index in [-0.39, 0.29) is 48.3 Å². The maximum Gasteiger partial charge on any atom is 1.00 e. The van der Waals surface area contributed by atoms with Gasteiger partial charge >= 0.3 is 35.2 Å². The normalized spacial score (nSPS) is 14.6. The van der Waals surface area contributed by atoms with Crippen LogP contribution in [0.25, 0.3) is 0 Å². The minimum atomic E-state index is -5.30. The SMILES string of the molecule is [Na+].[O-]C(=N[C@H](c1ccccc1)C(F)(F)[P+]([O-])(O)NCc1ccccc1)OCc1ccccc1. The molecule has 0 aliphatic carbocycles. The molecule has 0 aliphatic heterocycles. The van der Waals surface area contributed by atoms with Gasteiger partial charge in [0, 0.05) is 6.61 Å². The van der Waals surface area contributed by atoms with Crippen molar-refractivity contribution in [2.24, 2.45) is 4.99 Å².